The highest BCUT2D eigenvalue weighted by molar-refractivity contribution is 6.06. The van der Waals surface area contributed by atoms with E-state index in [4.69, 9.17) is 11.1 Å². The molecule has 0 spiro atoms. The van der Waals surface area contributed by atoms with Crippen LogP contribution < -0.4 is 27.6 Å². The minimum absolute atomic E-state index is 0.0134. The van der Waals surface area contributed by atoms with Crippen LogP contribution in [0.15, 0.2) is 9.59 Å². The van der Waals surface area contributed by atoms with Crippen LogP contribution in [0.1, 0.15) is 63.5 Å². The molecule has 188 valence electrons. The summed E-state index contributed by atoms with van der Waals surface area (Å²) in [6, 6.07) is -1.19. The molecule has 0 aromatic carbocycles. The van der Waals surface area contributed by atoms with Gasteiger partial charge in [-0.3, -0.25) is 29.4 Å². The lowest BCUT2D eigenvalue weighted by atomic mass is 9.78. The molecule has 3 rings (SSSR count). The number of carbonyl (C=O) groups excluding carboxylic acids is 2. The predicted molar refractivity (Wildman–Crippen MR) is 114 cm³/mol. The number of alkyl halides is 3. The van der Waals surface area contributed by atoms with Crippen molar-refractivity contribution in [2.24, 2.45) is 11.7 Å². The van der Waals surface area contributed by atoms with Crippen molar-refractivity contribution in [3.63, 3.8) is 0 Å². The number of nitrogens with two attached hydrogens (primary N) is 1. The van der Waals surface area contributed by atoms with Gasteiger partial charge in [0.25, 0.3) is 11.5 Å². The van der Waals surface area contributed by atoms with Gasteiger partial charge in [0.05, 0.1) is 0 Å². The molecule has 1 aromatic heterocycles. The van der Waals surface area contributed by atoms with Gasteiger partial charge in [-0.15, -0.1) is 0 Å². The molecule has 2 fully saturated rings. The standard InChI is InChI=1S/C20H27F3N6O5/c1-19(16(32)26-17(33)27-19)9-10-3-5-11(6-4-10)29-15(31)12(13(24)25)14(30)28(18(29)34)8-2-7-20(21,22)23/h10-11,30H,2-9H2,1H3,(H3,24,25)(H2,26,27,32,33)/t10?,11?,19-/m1/s1. The van der Waals surface area contributed by atoms with Gasteiger partial charge < -0.3 is 16.2 Å². The van der Waals surface area contributed by atoms with Gasteiger partial charge in [-0.05, 0) is 51.4 Å². The van der Waals surface area contributed by atoms with Crippen LogP contribution >= 0.6 is 0 Å². The Kier molecular flexibility index (Phi) is 6.80. The lowest BCUT2D eigenvalue weighted by Crippen LogP contribution is -2.47. The zero-order chi connectivity index (χ0) is 25.4. The van der Waals surface area contributed by atoms with Crippen molar-refractivity contribution in [2.75, 3.05) is 0 Å². The van der Waals surface area contributed by atoms with Crippen LogP contribution in [0, 0.1) is 11.3 Å². The molecule has 11 nitrogen and oxygen atoms in total. The monoisotopic (exact) mass is 488 g/mol. The maximum absolute atomic E-state index is 13.0. The van der Waals surface area contributed by atoms with Crippen molar-refractivity contribution in [3.8, 4) is 5.88 Å². The topological polar surface area (TPSA) is 172 Å². The zero-order valence-corrected chi connectivity index (χ0v) is 18.5. The number of rotatable bonds is 7. The van der Waals surface area contributed by atoms with Crippen LogP contribution in [0.4, 0.5) is 18.0 Å². The third-order valence-corrected chi connectivity index (χ3v) is 6.46. The molecule has 1 aliphatic heterocycles. The fourth-order valence-corrected chi connectivity index (χ4v) is 4.76. The Hall–Kier alpha value is -3.32. The van der Waals surface area contributed by atoms with E-state index in [0.717, 1.165) is 4.57 Å². The number of amidine groups is 1. The summed E-state index contributed by atoms with van der Waals surface area (Å²) in [5.41, 5.74) is 1.80. The summed E-state index contributed by atoms with van der Waals surface area (Å²) < 4.78 is 39.1. The van der Waals surface area contributed by atoms with Gasteiger partial charge in [-0.2, -0.15) is 13.2 Å². The lowest BCUT2D eigenvalue weighted by Gasteiger charge is -2.33. The van der Waals surface area contributed by atoms with E-state index in [0.29, 0.717) is 36.7 Å². The number of halogens is 3. The molecule has 0 bridgehead atoms. The van der Waals surface area contributed by atoms with Gasteiger partial charge in [0.15, 0.2) is 0 Å². The van der Waals surface area contributed by atoms with Gasteiger partial charge >= 0.3 is 17.9 Å². The van der Waals surface area contributed by atoms with Gasteiger partial charge in [-0.25, -0.2) is 9.59 Å². The van der Waals surface area contributed by atoms with Crippen LogP contribution in [0.2, 0.25) is 0 Å². The molecule has 1 saturated heterocycles. The van der Waals surface area contributed by atoms with E-state index in [1.807, 2.05) is 0 Å². The predicted octanol–water partition coefficient (Wildman–Crippen LogP) is 1.06. The fourth-order valence-electron chi connectivity index (χ4n) is 4.76. The third kappa shape index (κ3) is 5.09. The summed E-state index contributed by atoms with van der Waals surface area (Å²) in [5, 5.41) is 22.7. The summed E-state index contributed by atoms with van der Waals surface area (Å²) in [4.78, 5) is 49.5. The number of nitrogens with one attached hydrogen (secondary N) is 3. The lowest BCUT2D eigenvalue weighted by molar-refractivity contribution is -0.136. The summed E-state index contributed by atoms with van der Waals surface area (Å²) >= 11 is 0. The fraction of sp³-hybridized carbons (Fsp3) is 0.650. The van der Waals surface area contributed by atoms with E-state index in [2.05, 4.69) is 10.6 Å². The molecule has 14 heteroatoms. The number of aromatic nitrogens is 2. The van der Waals surface area contributed by atoms with Gasteiger partial charge in [0.1, 0.15) is 16.9 Å². The zero-order valence-electron chi connectivity index (χ0n) is 18.5. The average Bonchev–Trinajstić information content (AvgIpc) is 2.95. The number of hydrogen-bond donors (Lipinski definition) is 5. The molecular weight excluding hydrogens is 461 g/mol. The summed E-state index contributed by atoms with van der Waals surface area (Å²) in [5.74, 6) is -2.14. The van der Waals surface area contributed by atoms with E-state index >= 15 is 0 Å². The Morgan fingerprint density at radius 3 is 2.32 bits per heavy atom. The molecule has 2 aliphatic rings. The van der Waals surface area contributed by atoms with E-state index in [1.54, 1.807) is 6.92 Å². The normalized spacial score (nSPS) is 25.2. The number of amides is 3. The van der Waals surface area contributed by atoms with Gasteiger partial charge in [0.2, 0.25) is 5.88 Å². The molecule has 34 heavy (non-hydrogen) atoms. The molecule has 3 amide bonds. The first-order valence-electron chi connectivity index (χ1n) is 10.9. The van der Waals surface area contributed by atoms with E-state index in [-0.39, 0.29) is 5.92 Å². The van der Waals surface area contributed by atoms with Crippen LogP contribution in [-0.2, 0) is 11.3 Å². The van der Waals surface area contributed by atoms with Crippen LogP contribution in [-0.4, -0.2) is 43.7 Å². The Labute approximate surface area is 191 Å². The second kappa shape index (κ2) is 9.14. The molecule has 0 unspecified atom stereocenters. The van der Waals surface area contributed by atoms with Gasteiger partial charge in [0, 0.05) is 19.0 Å². The molecule has 0 radical (unpaired) electrons. The third-order valence-electron chi connectivity index (χ3n) is 6.46. The SMILES string of the molecule is C[C@]1(CC2CCC(n3c(=O)c(C(=N)N)c(O)n(CCCC(F)(F)F)c3=O)CC2)NC(=O)NC1=O. The van der Waals surface area contributed by atoms with Crippen molar-refractivity contribution >= 4 is 17.8 Å². The molecule has 2 heterocycles. The summed E-state index contributed by atoms with van der Waals surface area (Å²) in [7, 11) is 0. The Morgan fingerprint density at radius 2 is 1.82 bits per heavy atom. The maximum atomic E-state index is 13.0. The number of hydrogen-bond acceptors (Lipinski definition) is 6. The largest absolute Gasteiger partial charge is 0.494 e. The van der Waals surface area contributed by atoms with Crippen molar-refractivity contribution in [1.82, 2.24) is 19.8 Å². The highest BCUT2D eigenvalue weighted by atomic mass is 19.4. The first-order valence-corrected chi connectivity index (χ1v) is 10.9. The average molecular weight is 488 g/mol. The number of nitrogen functional groups attached to an aromatic ring is 1. The molecule has 1 atom stereocenters. The van der Waals surface area contributed by atoms with Gasteiger partial charge in [-0.1, -0.05) is 0 Å². The van der Waals surface area contributed by atoms with Crippen molar-refractivity contribution in [2.45, 2.75) is 76.2 Å². The van der Waals surface area contributed by atoms with Crippen LogP contribution in [0.25, 0.3) is 0 Å². The second-order valence-corrected chi connectivity index (χ2v) is 9.06. The van der Waals surface area contributed by atoms with E-state index in [1.165, 1.54) is 0 Å². The Morgan fingerprint density at radius 1 is 1.21 bits per heavy atom. The van der Waals surface area contributed by atoms with Crippen molar-refractivity contribution in [1.29, 1.82) is 5.41 Å². The summed E-state index contributed by atoms with van der Waals surface area (Å²) in [6.07, 6.45) is -4.08. The highest BCUT2D eigenvalue weighted by Gasteiger charge is 2.44. The van der Waals surface area contributed by atoms with Crippen LogP contribution in [0.3, 0.4) is 0 Å². The Balaban J connectivity index is 1.83. The number of urea groups is 1. The number of nitrogens with zero attached hydrogens (tertiary/aromatic N) is 2. The molecule has 1 aromatic rings. The minimum Gasteiger partial charge on any atom is -0.494 e. The number of imide groups is 1. The minimum atomic E-state index is -4.46. The molecule has 1 aliphatic carbocycles. The first-order chi connectivity index (χ1) is 15.7. The highest BCUT2D eigenvalue weighted by Crippen LogP contribution is 2.36. The molecular formula is C20H27F3N6O5. The Bertz CT molecular complexity index is 1120. The number of aromatic hydroxyl groups is 1. The maximum Gasteiger partial charge on any atom is 0.389 e. The van der Waals surface area contributed by atoms with E-state index < -0.39 is 77.6 Å². The first kappa shape index (κ1) is 25.3. The van der Waals surface area contributed by atoms with E-state index in [9.17, 15) is 37.5 Å². The van der Waals surface area contributed by atoms with Crippen molar-refractivity contribution < 1.29 is 27.9 Å². The summed E-state index contributed by atoms with van der Waals surface area (Å²) in [6.45, 7) is 1.11. The van der Waals surface area contributed by atoms with Crippen LogP contribution in [0.5, 0.6) is 5.88 Å². The smallest absolute Gasteiger partial charge is 0.389 e. The molecule has 1 saturated carbocycles. The molecule has 6 N–H and O–H groups in total. The van der Waals surface area contributed by atoms with Crippen molar-refractivity contribution in [3.05, 3.63) is 26.4 Å². The quantitative estimate of drug-likeness (QED) is 0.218. The second-order valence-electron chi connectivity index (χ2n) is 9.06. The number of carbonyl (C=O) groups is 2.